The topological polar surface area (TPSA) is 196 Å². The fourth-order valence-corrected chi connectivity index (χ4v) is 8.74. The number of amides is 1. The smallest absolute Gasteiger partial charge is 0.316 e. The maximum Gasteiger partial charge on any atom is 0.316 e. The maximum absolute atomic E-state index is 14.5. The Hall–Kier alpha value is -3.93. The molecule has 5 rings (SSSR count). The van der Waals surface area contributed by atoms with Gasteiger partial charge in [-0.25, -0.2) is 14.7 Å². The van der Waals surface area contributed by atoms with Crippen LogP contribution < -0.4 is 0 Å². The fourth-order valence-electron chi connectivity index (χ4n) is 8.74. The van der Waals surface area contributed by atoms with Crippen LogP contribution in [0.4, 0.5) is 0 Å². The third-order valence-electron chi connectivity index (χ3n) is 12.3. The van der Waals surface area contributed by atoms with Gasteiger partial charge in [0.25, 0.3) is 0 Å². The average Bonchev–Trinajstić information content (AvgIpc) is 3.73. The van der Waals surface area contributed by atoms with E-state index >= 15 is 0 Å². The second-order valence-corrected chi connectivity index (χ2v) is 17.3. The number of oxime groups is 1. The minimum absolute atomic E-state index is 0.0540. The van der Waals surface area contributed by atoms with Crippen LogP contribution in [-0.2, 0) is 44.8 Å². The summed E-state index contributed by atoms with van der Waals surface area (Å²) >= 11 is 0. The Bertz CT molecular complexity index is 1800. The number of aliphatic imine (C=N–C) groups is 1. The molecule has 0 aliphatic carbocycles. The molecule has 3 saturated heterocycles. The first-order chi connectivity index (χ1) is 27.8. The van der Waals surface area contributed by atoms with E-state index in [1.54, 1.807) is 44.0 Å². The normalized spacial score (nSPS) is 36.8. The van der Waals surface area contributed by atoms with Gasteiger partial charge in [-0.05, 0) is 104 Å². The Labute approximate surface area is 347 Å². The van der Waals surface area contributed by atoms with Gasteiger partial charge in [0.2, 0.25) is 5.91 Å². The lowest BCUT2D eigenvalue weighted by molar-refractivity contribution is -0.296. The highest BCUT2D eigenvalue weighted by atomic mass is 16.7. The van der Waals surface area contributed by atoms with E-state index in [4.69, 9.17) is 23.8 Å². The summed E-state index contributed by atoms with van der Waals surface area (Å²) in [6.45, 7) is 13.7. The third kappa shape index (κ3) is 11.1. The van der Waals surface area contributed by atoms with Gasteiger partial charge >= 0.3 is 5.97 Å². The molecule has 3 aliphatic heterocycles. The number of aliphatic hydroxyl groups is 2. The monoisotopic (exact) mass is 824 g/mol. The Kier molecular flexibility index (Phi) is 15.4. The SMILES string of the molecule is CC[C@H]1OC(=O)[C@H](C)C(=O)[C@H](C)[C@@H](O[C@@H]2O[C@H](C)C[C@H](N(C)C)[C@H]2O)[C@@]2(C)C[C@@H](C)C(=NC(C)=O)C[C@@H](CC/C(=N\OCc3ccc(-n4cccn4)nc3)CO2)[C@]1(C)O. The number of ether oxygens (including phenoxy) is 4. The minimum Gasteiger partial charge on any atom is -0.459 e. The van der Waals surface area contributed by atoms with Gasteiger partial charge in [0.05, 0.1) is 30.1 Å². The number of nitrogens with zero attached hydrogens (tertiary/aromatic N) is 6. The zero-order valence-corrected chi connectivity index (χ0v) is 36.2. The Morgan fingerprint density at radius 3 is 2.53 bits per heavy atom. The van der Waals surface area contributed by atoms with E-state index in [2.05, 4.69) is 20.2 Å². The van der Waals surface area contributed by atoms with Crippen molar-refractivity contribution in [1.82, 2.24) is 19.7 Å². The zero-order valence-electron chi connectivity index (χ0n) is 36.2. The summed E-state index contributed by atoms with van der Waals surface area (Å²) < 4.78 is 27.6. The largest absolute Gasteiger partial charge is 0.459 e. The second kappa shape index (κ2) is 19.6. The molecule has 16 heteroatoms. The van der Waals surface area contributed by atoms with Crippen LogP contribution in [-0.4, -0.2) is 128 Å². The molecule has 16 nitrogen and oxygen atoms in total. The van der Waals surface area contributed by atoms with Crippen LogP contribution in [0.5, 0.6) is 0 Å². The molecule has 12 atom stereocenters. The van der Waals surface area contributed by atoms with Gasteiger partial charge in [-0.15, -0.1) is 0 Å². The molecule has 326 valence electrons. The van der Waals surface area contributed by atoms with Crippen molar-refractivity contribution in [2.45, 2.75) is 148 Å². The van der Waals surface area contributed by atoms with E-state index in [1.165, 1.54) is 13.8 Å². The van der Waals surface area contributed by atoms with Crippen LogP contribution in [0.1, 0.15) is 99.5 Å². The van der Waals surface area contributed by atoms with Crippen molar-refractivity contribution in [2.24, 2.45) is 33.8 Å². The lowest BCUT2D eigenvalue weighted by Crippen LogP contribution is -2.59. The number of esters is 1. The van der Waals surface area contributed by atoms with E-state index < -0.39 is 77.1 Å². The van der Waals surface area contributed by atoms with Gasteiger partial charge in [0.15, 0.2) is 17.9 Å². The van der Waals surface area contributed by atoms with E-state index in [9.17, 15) is 24.6 Å². The summed E-state index contributed by atoms with van der Waals surface area (Å²) in [5.41, 5.74) is -1.13. The van der Waals surface area contributed by atoms with Crippen molar-refractivity contribution in [1.29, 1.82) is 0 Å². The van der Waals surface area contributed by atoms with Crippen LogP contribution in [0.25, 0.3) is 5.82 Å². The molecule has 59 heavy (non-hydrogen) atoms. The number of aromatic nitrogens is 3. The fraction of sp³-hybridized carbons (Fsp3) is 0.698. The van der Waals surface area contributed by atoms with Crippen molar-refractivity contribution in [3.8, 4) is 5.82 Å². The molecular formula is C43H64N6O10. The lowest BCUT2D eigenvalue weighted by atomic mass is 9.73. The van der Waals surface area contributed by atoms with E-state index in [0.29, 0.717) is 36.5 Å². The molecule has 3 aliphatic rings. The first-order valence-electron chi connectivity index (χ1n) is 20.8. The van der Waals surface area contributed by atoms with E-state index in [-0.39, 0.29) is 44.6 Å². The van der Waals surface area contributed by atoms with E-state index in [0.717, 1.165) is 5.56 Å². The number of rotatable bonds is 8. The number of Topliss-reactive ketones (excluding diaryl/α,β-unsaturated/α-hetero) is 1. The number of carbonyl (C=O) groups is 3. The van der Waals surface area contributed by atoms with Gasteiger partial charge in [-0.1, -0.05) is 32.0 Å². The zero-order chi connectivity index (χ0) is 43.2. The van der Waals surface area contributed by atoms with Crippen LogP contribution >= 0.6 is 0 Å². The van der Waals surface area contributed by atoms with Crippen LogP contribution in [0.2, 0.25) is 0 Å². The van der Waals surface area contributed by atoms with Gasteiger partial charge in [0, 0.05) is 48.7 Å². The molecule has 1 amide bonds. The second-order valence-electron chi connectivity index (χ2n) is 17.3. The minimum atomic E-state index is -1.61. The number of aliphatic hydroxyl groups excluding tert-OH is 1. The van der Waals surface area contributed by atoms with Crippen molar-refractivity contribution >= 4 is 29.1 Å². The predicted octanol–water partition coefficient (Wildman–Crippen LogP) is 4.47. The van der Waals surface area contributed by atoms with Crippen LogP contribution in [0.3, 0.4) is 0 Å². The standard InChI is InChI=1S/C43H64N6O10/c1-11-35-43(8,54)31-14-15-32(47-56-23-30-13-16-36(44-22-30)49-18-12-17-45-49)24-55-42(7,21-25(2)33(20-31)46-29(6)50)39(27(4)37(51)28(5)40(53)58-35)59-41-38(52)34(48(9)10)19-26(3)57-41/h12-13,16-18,22,25-28,31,34-35,38-39,41,52,54H,11,14-15,19-21,23-24H2,1-10H3/b46-33?,47-32+/t25-,26-,27+,28-,31-,34+,35-,38-,39-,41+,42-,43+/m1/s1. The molecule has 0 radical (unpaired) electrons. The Balaban J connectivity index is 1.60. The van der Waals surface area contributed by atoms with Gasteiger partial charge in [-0.3, -0.25) is 14.4 Å². The molecule has 0 saturated carbocycles. The van der Waals surface area contributed by atoms with Crippen molar-refractivity contribution in [3.63, 3.8) is 0 Å². The molecule has 5 heterocycles. The van der Waals surface area contributed by atoms with Crippen molar-refractivity contribution in [3.05, 3.63) is 42.4 Å². The highest BCUT2D eigenvalue weighted by Crippen LogP contribution is 2.40. The molecule has 2 bridgehead atoms. The number of ketones is 1. The van der Waals surface area contributed by atoms with Crippen LogP contribution in [0.15, 0.2) is 46.9 Å². The summed E-state index contributed by atoms with van der Waals surface area (Å²) in [4.78, 5) is 57.9. The number of hydrogen-bond donors (Lipinski definition) is 2. The number of hydrogen-bond acceptors (Lipinski definition) is 14. The van der Waals surface area contributed by atoms with Gasteiger partial charge in [-0.2, -0.15) is 5.10 Å². The lowest BCUT2D eigenvalue weighted by Gasteiger charge is -2.47. The molecule has 0 spiro atoms. The number of carbonyl (C=O) groups excluding carboxylic acids is 3. The van der Waals surface area contributed by atoms with Crippen LogP contribution in [0, 0.1) is 23.7 Å². The molecule has 2 N–H and O–H groups in total. The number of fused-ring (bicyclic) bond motifs is 5. The van der Waals surface area contributed by atoms with E-state index in [1.807, 2.05) is 58.0 Å². The number of cyclic esters (lactones) is 1. The molecular weight excluding hydrogens is 761 g/mol. The highest BCUT2D eigenvalue weighted by Gasteiger charge is 2.51. The predicted molar refractivity (Wildman–Crippen MR) is 219 cm³/mol. The van der Waals surface area contributed by atoms with Crippen molar-refractivity contribution in [2.75, 3.05) is 20.7 Å². The molecule has 0 aromatic carbocycles. The molecule has 2 aromatic rings. The average molecular weight is 825 g/mol. The molecule has 0 unspecified atom stereocenters. The quantitative estimate of drug-likeness (QED) is 0.215. The summed E-state index contributed by atoms with van der Waals surface area (Å²) in [5, 5.41) is 32.8. The summed E-state index contributed by atoms with van der Waals surface area (Å²) in [7, 11) is 3.75. The third-order valence-corrected chi connectivity index (χ3v) is 12.3. The Morgan fingerprint density at radius 1 is 1.15 bits per heavy atom. The summed E-state index contributed by atoms with van der Waals surface area (Å²) in [5.74, 6) is -4.21. The van der Waals surface area contributed by atoms with Crippen molar-refractivity contribution < 1.29 is 48.4 Å². The first kappa shape index (κ1) is 46.1. The molecule has 3 fully saturated rings. The van der Waals surface area contributed by atoms with Gasteiger partial charge < -0.3 is 38.9 Å². The number of pyridine rings is 1. The summed E-state index contributed by atoms with van der Waals surface area (Å²) in [6.07, 6.45) is 2.39. The van der Waals surface area contributed by atoms with Gasteiger partial charge in [0.1, 0.15) is 30.3 Å². The Morgan fingerprint density at radius 2 is 1.90 bits per heavy atom. The summed E-state index contributed by atoms with van der Waals surface area (Å²) in [6, 6.07) is 5.21. The number of likely N-dealkylation sites (N-methyl/N-ethyl adjacent to an activating group) is 1. The molecule has 2 aromatic heterocycles. The highest BCUT2D eigenvalue weighted by molar-refractivity contribution is 6.00. The maximum atomic E-state index is 14.5. The first-order valence-corrected chi connectivity index (χ1v) is 20.8.